The summed E-state index contributed by atoms with van der Waals surface area (Å²) in [4.78, 5) is 4.39. The van der Waals surface area contributed by atoms with Crippen molar-refractivity contribution in [1.82, 2.24) is 15.5 Å². The molecule has 0 fully saturated rings. The molecule has 2 unspecified atom stereocenters. The Morgan fingerprint density at radius 2 is 2.12 bits per heavy atom. The monoisotopic (exact) mass is 241 g/mol. The predicted octanol–water partition coefficient (Wildman–Crippen LogP) is 2.62. The Kier molecular flexibility index (Phi) is 6.15. The summed E-state index contributed by atoms with van der Waals surface area (Å²) in [6.07, 6.45) is 1.88. The maximum Gasteiger partial charge on any atom is 0.243 e. The molecule has 0 aromatic carbocycles. The van der Waals surface area contributed by atoms with Gasteiger partial charge in [0.25, 0.3) is 0 Å². The van der Waals surface area contributed by atoms with Gasteiger partial charge in [-0.1, -0.05) is 19.0 Å². The molecule has 1 heterocycles. The van der Waals surface area contributed by atoms with Crippen molar-refractivity contribution in [3.05, 3.63) is 11.7 Å². The van der Waals surface area contributed by atoms with Gasteiger partial charge in [0.2, 0.25) is 11.7 Å². The van der Waals surface area contributed by atoms with E-state index in [1.165, 1.54) is 0 Å². The molecule has 1 N–H and O–H groups in total. The smallest absolute Gasteiger partial charge is 0.243 e. The highest BCUT2D eigenvalue weighted by Crippen LogP contribution is 2.19. The molecule has 1 aromatic rings. The minimum Gasteiger partial charge on any atom is -0.370 e. The van der Waals surface area contributed by atoms with E-state index in [0.29, 0.717) is 18.3 Å². The number of nitrogens with one attached hydrogen (secondary N) is 1. The SMILES string of the molecule is CCCNC(C)c1nc(C(CC)OCC)no1. The first-order valence-corrected chi connectivity index (χ1v) is 6.41. The second kappa shape index (κ2) is 7.40. The number of ether oxygens (including phenoxy) is 1. The van der Waals surface area contributed by atoms with Crippen LogP contribution in [0.5, 0.6) is 0 Å². The summed E-state index contributed by atoms with van der Waals surface area (Å²) >= 11 is 0. The topological polar surface area (TPSA) is 60.2 Å². The molecule has 0 amide bonds. The minimum absolute atomic E-state index is 0.0594. The molecule has 5 heteroatoms. The van der Waals surface area contributed by atoms with Gasteiger partial charge in [0.1, 0.15) is 6.10 Å². The fraction of sp³-hybridized carbons (Fsp3) is 0.833. The standard InChI is InChI=1S/C12H23N3O2/c1-5-8-13-9(4)12-14-11(15-17-12)10(6-2)16-7-3/h9-10,13H,5-8H2,1-4H3. The van der Waals surface area contributed by atoms with Crippen LogP contribution in [0.4, 0.5) is 0 Å². The Labute approximate surface area is 103 Å². The second-order valence-corrected chi connectivity index (χ2v) is 4.02. The molecule has 17 heavy (non-hydrogen) atoms. The number of rotatable bonds is 8. The maximum atomic E-state index is 5.55. The summed E-state index contributed by atoms with van der Waals surface area (Å²) in [5.74, 6) is 1.28. The summed E-state index contributed by atoms with van der Waals surface area (Å²) < 4.78 is 10.8. The van der Waals surface area contributed by atoms with Crippen molar-refractivity contribution in [2.24, 2.45) is 0 Å². The van der Waals surface area contributed by atoms with Crippen LogP contribution >= 0.6 is 0 Å². The normalized spacial score (nSPS) is 14.8. The zero-order chi connectivity index (χ0) is 12.7. The molecule has 0 aliphatic carbocycles. The van der Waals surface area contributed by atoms with Crippen LogP contribution in [0.25, 0.3) is 0 Å². The Balaban J connectivity index is 2.62. The van der Waals surface area contributed by atoms with E-state index in [4.69, 9.17) is 9.26 Å². The fourth-order valence-corrected chi connectivity index (χ4v) is 1.58. The quantitative estimate of drug-likeness (QED) is 0.758. The first-order valence-electron chi connectivity index (χ1n) is 6.41. The van der Waals surface area contributed by atoms with Crippen molar-refractivity contribution in [3.63, 3.8) is 0 Å². The van der Waals surface area contributed by atoms with E-state index in [2.05, 4.69) is 29.3 Å². The Hall–Kier alpha value is -0.940. The van der Waals surface area contributed by atoms with Gasteiger partial charge in [0.15, 0.2) is 0 Å². The number of aromatic nitrogens is 2. The molecule has 2 atom stereocenters. The highest BCUT2D eigenvalue weighted by atomic mass is 16.5. The van der Waals surface area contributed by atoms with Gasteiger partial charge < -0.3 is 14.6 Å². The van der Waals surface area contributed by atoms with E-state index < -0.39 is 0 Å². The van der Waals surface area contributed by atoms with Crippen molar-refractivity contribution < 1.29 is 9.26 Å². The van der Waals surface area contributed by atoms with Crippen LogP contribution < -0.4 is 5.32 Å². The van der Waals surface area contributed by atoms with E-state index >= 15 is 0 Å². The van der Waals surface area contributed by atoms with Crippen LogP contribution in [0.2, 0.25) is 0 Å². The van der Waals surface area contributed by atoms with E-state index in [-0.39, 0.29) is 12.1 Å². The van der Waals surface area contributed by atoms with Gasteiger partial charge >= 0.3 is 0 Å². The molecule has 0 aliphatic rings. The summed E-state index contributed by atoms with van der Waals surface area (Å²) in [5.41, 5.74) is 0. The van der Waals surface area contributed by atoms with Crippen molar-refractivity contribution in [1.29, 1.82) is 0 Å². The van der Waals surface area contributed by atoms with E-state index in [1.807, 2.05) is 13.8 Å². The molecular weight excluding hydrogens is 218 g/mol. The lowest BCUT2D eigenvalue weighted by Crippen LogP contribution is -2.19. The molecule has 0 spiro atoms. The van der Waals surface area contributed by atoms with Crippen molar-refractivity contribution in [3.8, 4) is 0 Å². The van der Waals surface area contributed by atoms with E-state index in [1.54, 1.807) is 0 Å². The summed E-state index contributed by atoms with van der Waals surface area (Å²) in [7, 11) is 0. The van der Waals surface area contributed by atoms with Crippen molar-refractivity contribution in [2.75, 3.05) is 13.2 Å². The van der Waals surface area contributed by atoms with Gasteiger partial charge in [-0.05, 0) is 33.2 Å². The Morgan fingerprint density at radius 1 is 1.35 bits per heavy atom. The van der Waals surface area contributed by atoms with Gasteiger partial charge in [0, 0.05) is 6.61 Å². The Bertz CT molecular complexity index is 314. The maximum absolute atomic E-state index is 5.55. The lowest BCUT2D eigenvalue weighted by Gasteiger charge is -2.10. The number of nitrogens with zero attached hydrogens (tertiary/aromatic N) is 2. The zero-order valence-electron chi connectivity index (χ0n) is 11.2. The second-order valence-electron chi connectivity index (χ2n) is 4.02. The molecule has 0 saturated carbocycles. The number of hydrogen-bond donors (Lipinski definition) is 1. The lowest BCUT2D eigenvalue weighted by molar-refractivity contribution is 0.0518. The number of hydrogen-bond acceptors (Lipinski definition) is 5. The highest BCUT2D eigenvalue weighted by molar-refractivity contribution is 4.94. The predicted molar refractivity (Wildman–Crippen MR) is 65.7 cm³/mol. The van der Waals surface area contributed by atoms with Crippen LogP contribution in [0, 0.1) is 0 Å². The molecule has 1 rings (SSSR count). The third kappa shape index (κ3) is 4.09. The largest absolute Gasteiger partial charge is 0.370 e. The molecule has 1 aromatic heterocycles. The summed E-state index contributed by atoms with van der Waals surface area (Å²) in [6.45, 7) is 9.77. The molecule has 0 bridgehead atoms. The van der Waals surface area contributed by atoms with Gasteiger partial charge in [0.05, 0.1) is 6.04 Å². The van der Waals surface area contributed by atoms with Crippen LogP contribution in [0.1, 0.15) is 64.4 Å². The summed E-state index contributed by atoms with van der Waals surface area (Å²) in [6, 6.07) is 0.0929. The third-order valence-corrected chi connectivity index (χ3v) is 2.56. The molecule has 98 valence electrons. The van der Waals surface area contributed by atoms with E-state index in [0.717, 1.165) is 19.4 Å². The molecular formula is C12H23N3O2. The average Bonchev–Trinajstić information content (AvgIpc) is 2.82. The van der Waals surface area contributed by atoms with Gasteiger partial charge in [-0.15, -0.1) is 0 Å². The highest BCUT2D eigenvalue weighted by Gasteiger charge is 2.19. The zero-order valence-corrected chi connectivity index (χ0v) is 11.2. The fourth-order valence-electron chi connectivity index (χ4n) is 1.58. The Morgan fingerprint density at radius 3 is 2.71 bits per heavy atom. The summed E-state index contributed by atoms with van der Waals surface area (Å²) in [5, 5.41) is 7.30. The average molecular weight is 241 g/mol. The first kappa shape index (κ1) is 14.1. The van der Waals surface area contributed by atoms with Crippen LogP contribution in [0.15, 0.2) is 4.52 Å². The molecule has 0 saturated heterocycles. The van der Waals surface area contributed by atoms with Crippen LogP contribution in [0.3, 0.4) is 0 Å². The minimum atomic E-state index is -0.0594. The van der Waals surface area contributed by atoms with Gasteiger partial charge in [-0.3, -0.25) is 0 Å². The van der Waals surface area contributed by atoms with Crippen LogP contribution in [-0.2, 0) is 4.74 Å². The van der Waals surface area contributed by atoms with Gasteiger partial charge in [-0.25, -0.2) is 0 Å². The van der Waals surface area contributed by atoms with Crippen LogP contribution in [-0.4, -0.2) is 23.3 Å². The van der Waals surface area contributed by atoms with E-state index in [9.17, 15) is 0 Å². The molecule has 5 nitrogen and oxygen atoms in total. The molecule has 0 radical (unpaired) electrons. The first-order chi connectivity index (χ1) is 8.22. The van der Waals surface area contributed by atoms with Crippen molar-refractivity contribution in [2.45, 2.75) is 52.7 Å². The van der Waals surface area contributed by atoms with Gasteiger partial charge in [-0.2, -0.15) is 4.98 Å². The van der Waals surface area contributed by atoms with Crippen molar-refractivity contribution >= 4 is 0 Å². The lowest BCUT2D eigenvalue weighted by atomic mass is 10.2. The third-order valence-electron chi connectivity index (χ3n) is 2.56. The molecule has 0 aliphatic heterocycles.